The Morgan fingerprint density at radius 1 is 0.833 bits per heavy atom. The first-order chi connectivity index (χ1) is 14.2. The van der Waals surface area contributed by atoms with Crippen molar-refractivity contribution in [3.05, 3.63) is 64.7 Å². The van der Waals surface area contributed by atoms with Crippen LogP contribution in [0.5, 0.6) is 5.75 Å². The summed E-state index contributed by atoms with van der Waals surface area (Å²) in [6, 6.07) is 3.70. The first-order valence-electron chi connectivity index (χ1n) is 9.87. The van der Waals surface area contributed by atoms with Crippen LogP contribution in [0.3, 0.4) is 0 Å². The molecular weight excluding hydrogens is 410 g/mol. The molecule has 1 saturated heterocycles. The van der Waals surface area contributed by atoms with Gasteiger partial charge in [0.2, 0.25) is 0 Å². The van der Waals surface area contributed by atoms with Crippen LogP contribution in [0.25, 0.3) is 0 Å². The molecule has 4 rings (SSSR count). The van der Waals surface area contributed by atoms with Crippen molar-refractivity contribution >= 4 is 0 Å². The molecule has 30 heavy (non-hydrogen) atoms. The fourth-order valence-corrected chi connectivity index (χ4v) is 4.08. The zero-order valence-corrected chi connectivity index (χ0v) is 15.9. The normalized spacial score (nSPS) is 22.6. The zero-order valence-electron chi connectivity index (χ0n) is 15.9. The van der Waals surface area contributed by atoms with E-state index in [9.17, 15) is 26.3 Å². The first-order valence-corrected chi connectivity index (χ1v) is 9.87. The molecule has 2 aromatic rings. The number of halogens is 6. The fourth-order valence-electron chi connectivity index (χ4n) is 4.08. The van der Waals surface area contributed by atoms with Gasteiger partial charge in [-0.3, -0.25) is 0 Å². The Morgan fingerprint density at radius 3 is 2.07 bits per heavy atom. The molecule has 0 aromatic heterocycles. The maximum absolute atomic E-state index is 14.5. The van der Waals surface area contributed by atoms with Crippen LogP contribution in [0.2, 0.25) is 0 Å². The van der Waals surface area contributed by atoms with Crippen LogP contribution in [0, 0.1) is 35.1 Å². The van der Waals surface area contributed by atoms with Gasteiger partial charge in [-0.2, -0.15) is 8.78 Å². The van der Waals surface area contributed by atoms with Crippen LogP contribution in [0.15, 0.2) is 30.3 Å². The van der Waals surface area contributed by atoms with E-state index in [0.29, 0.717) is 30.4 Å². The minimum atomic E-state index is -4.22. The van der Waals surface area contributed by atoms with Gasteiger partial charge >= 0.3 is 6.11 Å². The molecule has 0 radical (unpaired) electrons. The quantitative estimate of drug-likeness (QED) is 0.391. The van der Waals surface area contributed by atoms with Gasteiger partial charge in [0.1, 0.15) is 11.6 Å². The third-order valence-electron chi connectivity index (χ3n) is 6.01. The summed E-state index contributed by atoms with van der Waals surface area (Å²) in [5.74, 6) is -6.20. The highest BCUT2D eigenvalue weighted by molar-refractivity contribution is 5.31. The molecule has 2 unspecified atom stereocenters. The zero-order chi connectivity index (χ0) is 21.5. The molecule has 0 spiro atoms. The van der Waals surface area contributed by atoms with E-state index in [1.165, 1.54) is 25.3 Å². The fraction of sp³-hybridized carbons (Fsp3) is 0.455. The van der Waals surface area contributed by atoms with E-state index >= 15 is 0 Å². The molecule has 0 amide bonds. The van der Waals surface area contributed by atoms with Crippen LogP contribution in [-0.2, 0) is 10.8 Å². The summed E-state index contributed by atoms with van der Waals surface area (Å²) >= 11 is 0. The van der Waals surface area contributed by atoms with Gasteiger partial charge in [0.05, 0.1) is 18.3 Å². The topological polar surface area (TPSA) is 18.5 Å². The standard InChI is InChI=1S/C22H20F6O2/c23-17-8-13(20-7-5-14(11-29-20)12-2-1-3-12)4-6-16(17)22(27,28)30-15-9-18(24)21(26)19(25)10-15/h4,6,8-10,12,14,20H,1-3,5,7,11H2. The number of benzene rings is 2. The van der Waals surface area contributed by atoms with Crippen molar-refractivity contribution in [1.29, 1.82) is 0 Å². The van der Waals surface area contributed by atoms with E-state index < -0.39 is 40.7 Å². The second-order valence-corrected chi connectivity index (χ2v) is 7.91. The average molecular weight is 430 g/mol. The summed E-state index contributed by atoms with van der Waals surface area (Å²) in [4.78, 5) is 0. The molecule has 1 saturated carbocycles. The Bertz CT molecular complexity index is 897. The molecule has 2 atom stereocenters. The summed E-state index contributed by atoms with van der Waals surface area (Å²) in [5, 5.41) is 0. The second-order valence-electron chi connectivity index (χ2n) is 7.91. The third-order valence-corrected chi connectivity index (χ3v) is 6.01. The van der Waals surface area contributed by atoms with Crippen LogP contribution in [0.1, 0.15) is 49.3 Å². The predicted molar refractivity (Wildman–Crippen MR) is 96.0 cm³/mol. The Morgan fingerprint density at radius 2 is 1.53 bits per heavy atom. The summed E-state index contributed by atoms with van der Waals surface area (Å²) in [6.45, 7) is 0.569. The second kappa shape index (κ2) is 8.13. The molecule has 2 aromatic carbocycles. The van der Waals surface area contributed by atoms with E-state index in [1.54, 1.807) is 0 Å². The van der Waals surface area contributed by atoms with Crippen LogP contribution in [0.4, 0.5) is 26.3 Å². The smallest absolute Gasteiger partial charge is 0.429 e. The summed E-state index contributed by atoms with van der Waals surface area (Å²) in [7, 11) is 0. The lowest BCUT2D eigenvalue weighted by atomic mass is 9.73. The number of ether oxygens (including phenoxy) is 2. The molecular formula is C22H20F6O2. The van der Waals surface area contributed by atoms with Gasteiger partial charge in [-0.05, 0) is 42.4 Å². The summed E-state index contributed by atoms with van der Waals surface area (Å²) < 4.78 is 92.8. The predicted octanol–water partition coefficient (Wildman–Crippen LogP) is 6.64. The number of hydrogen-bond acceptors (Lipinski definition) is 2. The van der Waals surface area contributed by atoms with Gasteiger partial charge in [0.15, 0.2) is 17.5 Å². The van der Waals surface area contributed by atoms with Crippen molar-refractivity contribution in [3.63, 3.8) is 0 Å². The number of rotatable bonds is 5. The van der Waals surface area contributed by atoms with Gasteiger partial charge in [-0.15, -0.1) is 0 Å². The van der Waals surface area contributed by atoms with Crippen molar-refractivity contribution in [2.45, 2.75) is 44.3 Å². The monoisotopic (exact) mass is 430 g/mol. The lowest BCUT2D eigenvalue weighted by molar-refractivity contribution is -0.187. The van der Waals surface area contributed by atoms with Gasteiger partial charge in [-0.25, -0.2) is 17.6 Å². The van der Waals surface area contributed by atoms with E-state index in [4.69, 9.17) is 4.74 Å². The lowest BCUT2D eigenvalue weighted by Gasteiger charge is -2.38. The van der Waals surface area contributed by atoms with Gasteiger partial charge in [0.25, 0.3) is 0 Å². The maximum atomic E-state index is 14.5. The van der Waals surface area contributed by atoms with E-state index in [0.717, 1.165) is 18.6 Å². The van der Waals surface area contributed by atoms with Crippen LogP contribution in [-0.4, -0.2) is 6.61 Å². The maximum Gasteiger partial charge on any atom is 0.429 e. The Balaban J connectivity index is 1.47. The minimum Gasteiger partial charge on any atom is -0.429 e. The largest absolute Gasteiger partial charge is 0.429 e. The van der Waals surface area contributed by atoms with Gasteiger partial charge < -0.3 is 9.47 Å². The Hall–Kier alpha value is -2.22. The molecule has 8 heteroatoms. The summed E-state index contributed by atoms with van der Waals surface area (Å²) in [5.41, 5.74) is -0.655. The highest BCUT2D eigenvalue weighted by atomic mass is 19.3. The molecule has 1 aliphatic heterocycles. The highest BCUT2D eigenvalue weighted by Crippen LogP contribution is 2.42. The van der Waals surface area contributed by atoms with Crippen molar-refractivity contribution in [2.24, 2.45) is 11.8 Å². The number of hydrogen-bond donors (Lipinski definition) is 0. The average Bonchev–Trinajstić information content (AvgIpc) is 2.64. The molecule has 2 aliphatic rings. The van der Waals surface area contributed by atoms with Crippen molar-refractivity contribution < 1.29 is 35.8 Å². The SMILES string of the molecule is Fc1cc(C2CCC(C3CCC3)CO2)ccc1C(F)(F)Oc1cc(F)c(F)c(F)c1. The molecule has 1 heterocycles. The lowest BCUT2D eigenvalue weighted by Crippen LogP contribution is -2.30. The van der Waals surface area contributed by atoms with Crippen LogP contribution >= 0.6 is 0 Å². The minimum absolute atomic E-state index is 0.271. The third kappa shape index (κ3) is 4.15. The molecule has 2 nitrogen and oxygen atoms in total. The first kappa shape index (κ1) is 21.0. The van der Waals surface area contributed by atoms with Crippen LogP contribution < -0.4 is 4.74 Å². The Labute approximate surface area is 169 Å². The van der Waals surface area contributed by atoms with Gasteiger partial charge in [0, 0.05) is 12.1 Å². The molecule has 1 aliphatic carbocycles. The Kier molecular flexibility index (Phi) is 5.70. The van der Waals surface area contributed by atoms with E-state index in [-0.39, 0.29) is 18.2 Å². The highest BCUT2D eigenvalue weighted by Gasteiger charge is 2.39. The molecule has 162 valence electrons. The van der Waals surface area contributed by atoms with Crippen molar-refractivity contribution in [3.8, 4) is 5.75 Å². The van der Waals surface area contributed by atoms with Gasteiger partial charge in [-0.1, -0.05) is 25.3 Å². The summed E-state index contributed by atoms with van der Waals surface area (Å²) in [6.07, 6.45) is 0.686. The van der Waals surface area contributed by atoms with E-state index in [1.807, 2.05) is 0 Å². The molecule has 2 fully saturated rings. The van der Waals surface area contributed by atoms with Crippen molar-refractivity contribution in [2.75, 3.05) is 6.61 Å². The molecule has 0 bridgehead atoms. The number of alkyl halides is 2. The molecule has 0 N–H and O–H groups in total. The van der Waals surface area contributed by atoms with E-state index in [2.05, 4.69) is 4.74 Å². The van der Waals surface area contributed by atoms with Crippen molar-refractivity contribution in [1.82, 2.24) is 0 Å².